The minimum absolute atomic E-state index is 0.347. The first-order chi connectivity index (χ1) is 9.81. The fourth-order valence-corrected chi connectivity index (χ4v) is 2.61. The van der Waals surface area contributed by atoms with Crippen molar-refractivity contribution in [2.45, 2.75) is 19.4 Å². The third-order valence-corrected chi connectivity index (χ3v) is 3.94. The van der Waals surface area contributed by atoms with Crippen molar-refractivity contribution in [1.82, 2.24) is 4.98 Å². The van der Waals surface area contributed by atoms with Gasteiger partial charge >= 0.3 is 5.97 Å². The second-order valence-electron chi connectivity index (χ2n) is 4.88. The Hall–Kier alpha value is -2.48. The molecule has 0 saturated heterocycles. The van der Waals surface area contributed by atoms with E-state index in [1.165, 1.54) is 29.5 Å². The van der Waals surface area contributed by atoms with Gasteiger partial charge in [0.05, 0.1) is 10.5 Å². The quantitative estimate of drug-likeness (QED) is 0.649. The molecule has 7 nitrogen and oxygen atoms in total. The number of nitro groups is 1. The van der Waals surface area contributed by atoms with E-state index in [4.69, 9.17) is 5.11 Å². The molecule has 2 aromatic rings. The number of aromatic carboxylic acids is 1. The zero-order valence-corrected chi connectivity index (χ0v) is 12.2. The summed E-state index contributed by atoms with van der Waals surface area (Å²) in [6.07, 6.45) is 1.68. The Labute approximate surface area is 124 Å². The number of carboxylic acids is 1. The van der Waals surface area contributed by atoms with Crippen LogP contribution in [0.15, 0.2) is 29.8 Å². The molecule has 2 rings (SSSR count). The number of thiazole rings is 1. The van der Waals surface area contributed by atoms with Gasteiger partial charge < -0.3 is 10.4 Å². The maximum atomic E-state index is 11.1. The van der Waals surface area contributed by atoms with Crippen molar-refractivity contribution >= 4 is 28.7 Å². The number of carbonyl (C=O) groups is 1. The number of anilines is 1. The van der Waals surface area contributed by atoms with E-state index in [1.807, 2.05) is 19.2 Å². The first kappa shape index (κ1) is 14.9. The molecule has 21 heavy (non-hydrogen) atoms. The number of nitrogens with one attached hydrogen (secondary N) is 1. The molecular weight excluding hydrogens is 294 g/mol. The van der Waals surface area contributed by atoms with Gasteiger partial charge in [0.25, 0.3) is 5.69 Å². The lowest BCUT2D eigenvalue weighted by Gasteiger charge is -2.25. The Morgan fingerprint density at radius 2 is 2.19 bits per heavy atom. The summed E-state index contributed by atoms with van der Waals surface area (Å²) < 4.78 is 0. The number of benzene rings is 1. The summed E-state index contributed by atoms with van der Waals surface area (Å²) in [5.74, 6) is -1.34. The molecule has 0 aliphatic rings. The molecule has 0 spiro atoms. The topological polar surface area (TPSA) is 105 Å². The summed E-state index contributed by atoms with van der Waals surface area (Å²) in [7, 11) is 0. The summed E-state index contributed by atoms with van der Waals surface area (Å²) in [5, 5.41) is 25.7. The lowest BCUT2D eigenvalue weighted by atomic mass is 10.1. The van der Waals surface area contributed by atoms with Crippen molar-refractivity contribution in [2.24, 2.45) is 0 Å². The molecule has 8 heteroatoms. The average molecular weight is 307 g/mol. The molecule has 110 valence electrons. The number of carboxylic acid groups (broad SMARTS) is 1. The predicted octanol–water partition coefficient (Wildman–Crippen LogP) is 3.10. The van der Waals surface area contributed by atoms with Gasteiger partial charge in [0, 0.05) is 23.3 Å². The van der Waals surface area contributed by atoms with Crippen molar-refractivity contribution in [3.63, 3.8) is 0 Å². The number of rotatable bonds is 5. The first-order valence-corrected chi connectivity index (χ1v) is 6.89. The van der Waals surface area contributed by atoms with Gasteiger partial charge in [-0.25, -0.2) is 9.78 Å². The highest BCUT2D eigenvalue weighted by molar-refractivity contribution is 7.09. The summed E-state index contributed by atoms with van der Waals surface area (Å²) in [6, 6.07) is 3.93. The molecule has 0 saturated carbocycles. The van der Waals surface area contributed by atoms with Crippen LogP contribution in [-0.2, 0) is 5.54 Å². The number of hydrogen-bond donors (Lipinski definition) is 2. The van der Waals surface area contributed by atoms with E-state index in [9.17, 15) is 14.9 Å². The highest BCUT2D eigenvalue weighted by atomic mass is 32.1. The van der Waals surface area contributed by atoms with Crippen LogP contribution in [0.3, 0.4) is 0 Å². The number of nitro benzene ring substituents is 1. The second-order valence-corrected chi connectivity index (χ2v) is 5.78. The monoisotopic (exact) mass is 307 g/mol. The van der Waals surface area contributed by atoms with Crippen LogP contribution in [0.1, 0.15) is 29.2 Å². The van der Waals surface area contributed by atoms with Crippen LogP contribution < -0.4 is 5.32 Å². The van der Waals surface area contributed by atoms with Gasteiger partial charge in [-0.2, -0.15) is 0 Å². The maximum Gasteiger partial charge on any atom is 0.342 e. The van der Waals surface area contributed by atoms with Crippen LogP contribution in [0.5, 0.6) is 0 Å². The molecule has 0 atom stereocenters. The largest absolute Gasteiger partial charge is 0.477 e. The van der Waals surface area contributed by atoms with Gasteiger partial charge in [0.2, 0.25) is 0 Å². The normalized spacial score (nSPS) is 11.1. The van der Waals surface area contributed by atoms with Gasteiger partial charge in [-0.3, -0.25) is 10.1 Å². The second kappa shape index (κ2) is 5.49. The maximum absolute atomic E-state index is 11.1. The Kier molecular flexibility index (Phi) is 3.90. The smallest absolute Gasteiger partial charge is 0.342 e. The van der Waals surface area contributed by atoms with E-state index in [0.717, 1.165) is 5.01 Å². The molecular formula is C13H13N3O4S. The molecule has 1 aromatic heterocycles. The van der Waals surface area contributed by atoms with Crippen molar-refractivity contribution < 1.29 is 14.8 Å². The van der Waals surface area contributed by atoms with E-state index in [0.29, 0.717) is 5.69 Å². The van der Waals surface area contributed by atoms with Gasteiger partial charge in [-0.1, -0.05) is 0 Å². The lowest BCUT2D eigenvalue weighted by molar-refractivity contribution is -0.385. The number of nitrogens with zero attached hydrogens (tertiary/aromatic N) is 2. The van der Waals surface area contributed by atoms with Crippen molar-refractivity contribution in [3.05, 3.63) is 50.5 Å². The third-order valence-electron chi connectivity index (χ3n) is 2.85. The molecule has 0 unspecified atom stereocenters. The van der Waals surface area contributed by atoms with Crippen LogP contribution in [-0.4, -0.2) is 21.0 Å². The molecule has 0 radical (unpaired) electrons. The van der Waals surface area contributed by atoms with Crippen LogP contribution in [0.4, 0.5) is 11.4 Å². The molecule has 1 aromatic carbocycles. The van der Waals surface area contributed by atoms with Gasteiger partial charge in [-0.05, 0) is 26.0 Å². The van der Waals surface area contributed by atoms with Crippen molar-refractivity contribution in [1.29, 1.82) is 0 Å². The highest BCUT2D eigenvalue weighted by Gasteiger charge is 2.25. The Morgan fingerprint density at radius 3 is 2.71 bits per heavy atom. The summed E-state index contributed by atoms with van der Waals surface area (Å²) in [6.45, 7) is 3.79. The number of hydrogen-bond acceptors (Lipinski definition) is 6. The molecule has 0 fully saturated rings. The molecule has 2 N–H and O–H groups in total. The zero-order chi connectivity index (χ0) is 15.6. The Bertz CT molecular complexity index is 683. The third kappa shape index (κ3) is 3.16. The highest BCUT2D eigenvalue weighted by Crippen LogP contribution is 2.29. The van der Waals surface area contributed by atoms with E-state index in [1.54, 1.807) is 6.20 Å². The van der Waals surface area contributed by atoms with Crippen molar-refractivity contribution in [3.8, 4) is 0 Å². The molecule has 0 aliphatic carbocycles. The Balaban J connectivity index is 2.36. The summed E-state index contributed by atoms with van der Waals surface area (Å²) in [5.41, 5.74) is -0.807. The van der Waals surface area contributed by atoms with Gasteiger partial charge in [0.15, 0.2) is 0 Å². The minimum atomic E-state index is -1.34. The fourth-order valence-electron chi connectivity index (χ4n) is 1.89. The molecule has 0 amide bonds. The SMILES string of the molecule is CC(C)(Nc1ccc([N+](=O)[O-])c(C(=O)O)c1)c1nccs1. The van der Waals surface area contributed by atoms with Crippen LogP contribution in [0.25, 0.3) is 0 Å². The van der Waals surface area contributed by atoms with E-state index in [2.05, 4.69) is 10.3 Å². The van der Waals surface area contributed by atoms with E-state index >= 15 is 0 Å². The van der Waals surface area contributed by atoms with Gasteiger partial charge in [-0.15, -0.1) is 11.3 Å². The van der Waals surface area contributed by atoms with Crippen molar-refractivity contribution in [2.75, 3.05) is 5.32 Å². The molecule has 1 heterocycles. The van der Waals surface area contributed by atoms with E-state index in [-0.39, 0.29) is 5.56 Å². The van der Waals surface area contributed by atoms with Crippen LogP contribution in [0, 0.1) is 10.1 Å². The van der Waals surface area contributed by atoms with E-state index < -0.39 is 22.1 Å². The molecule has 0 aliphatic heterocycles. The lowest BCUT2D eigenvalue weighted by Crippen LogP contribution is -2.27. The minimum Gasteiger partial charge on any atom is -0.477 e. The predicted molar refractivity (Wildman–Crippen MR) is 78.8 cm³/mol. The summed E-state index contributed by atoms with van der Waals surface area (Å²) >= 11 is 1.47. The summed E-state index contributed by atoms with van der Waals surface area (Å²) in [4.78, 5) is 25.5. The molecule has 0 bridgehead atoms. The Morgan fingerprint density at radius 1 is 1.48 bits per heavy atom. The van der Waals surface area contributed by atoms with Gasteiger partial charge in [0.1, 0.15) is 10.6 Å². The average Bonchev–Trinajstić information content (AvgIpc) is 2.92. The standard InChI is InChI=1S/C13H13N3O4S/c1-13(2,12-14-5-6-21-12)15-8-3-4-10(16(19)20)9(7-8)11(17)18/h3-7,15H,1-2H3,(H,17,18). The first-order valence-electron chi connectivity index (χ1n) is 6.01. The zero-order valence-electron chi connectivity index (χ0n) is 11.4. The fraction of sp³-hybridized carbons (Fsp3) is 0.231. The van der Waals surface area contributed by atoms with Crippen LogP contribution >= 0.6 is 11.3 Å². The van der Waals surface area contributed by atoms with Crippen LogP contribution in [0.2, 0.25) is 0 Å². The number of aromatic nitrogens is 1.